The summed E-state index contributed by atoms with van der Waals surface area (Å²) in [5, 5.41) is 2.01. The van der Waals surface area contributed by atoms with Gasteiger partial charge in [-0.25, -0.2) is 9.59 Å². The number of fused-ring (bicyclic) bond motifs is 1. The van der Waals surface area contributed by atoms with E-state index < -0.39 is 23.7 Å². The first-order valence-corrected chi connectivity index (χ1v) is 9.96. The van der Waals surface area contributed by atoms with Gasteiger partial charge < -0.3 is 9.47 Å². The van der Waals surface area contributed by atoms with Gasteiger partial charge >= 0.3 is 12.1 Å². The van der Waals surface area contributed by atoms with Crippen molar-refractivity contribution in [3.63, 3.8) is 0 Å². The van der Waals surface area contributed by atoms with Crippen LogP contribution < -0.4 is 4.90 Å². The number of amides is 1. The van der Waals surface area contributed by atoms with E-state index >= 15 is 0 Å². The number of rotatable bonds is 5. The summed E-state index contributed by atoms with van der Waals surface area (Å²) in [5.74, 6) is -0.502. The molecule has 0 aromatic heterocycles. The van der Waals surface area contributed by atoms with Crippen molar-refractivity contribution < 1.29 is 19.1 Å². The Balaban J connectivity index is 1.87. The molecule has 0 bridgehead atoms. The van der Waals surface area contributed by atoms with Gasteiger partial charge in [-0.2, -0.15) is 0 Å². The smallest absolute Gasteiger partial charge is 0.415 e. The highest BCUT2D eigenvalue weighted by Gasteiger charge is 2.32. The van der Waals surface area contributed by atoms with Crippen molar-refractivity contribution in [2.24, 2.45) is 0 Å². The summed E-state index contributed by atoms with van der Waals surface area (Å²) in [4.78, 5) is 27.2. The zero-order valence-electron chi connectivity index (χ0n) is 17.8. The molecule has 3 aromatic carbocycles. The third-order valence-corrected chi connectivity index (χ3v) is 4.55. The Morgan fingerprint density at radius 1 is 0.900 bits per heavy atom. The number of nitrogens with zero attached hydrogens (tertiary/aromatic N) is 1. The Kier molecular flexibility index (Phi) is 6.40. The van der Waals surface area contributed by atoms with Crippen LogP contribution in [0.2, 0.25) is 0 Å². The zero-order valence-corrected chi connectivity index (χ0v) is 17.8. The maximum Gasteiger partial charge on any atom is 0.415 e. The minimum absolute atomic E-state index is 0.143. The molecule has 0 heterocycles. The molecule has 5 nitrogen and oxygen atoms in total. The van der Waals surface area contributed by atoms with Crippen LogP contribution in [0.15, 0.2) is 72.8 Å². The fourth-order valence-corrected chi connectivity index (χ4v) is 3.08. The lowest BCUT2D eigenvalue weighted by Crippen LogP contribution is -2.46. The fraction of sp³-hybridized carbons (Fsp3) is 0.280. The van der Waals surface area contributed by atoms with E-state index in [0.717, 1.165) is 16.3 Å². The topological polar surface area (TPSA) is 55.8 Å². The lowest BCUT2D eigenvalue weighted by atomic mass is 10.1. The standard InChI is InChI=1S/C25H27NO4/c1-18(23(27)29-17-19-10-6-5-7-11-19)26(24(28)30-25(2,3)4)22-15-14-20-12-8-9-13-21(20)16-22/h5-16,18H,17H2,1-4H3/t18-/m0/s1. The third-order valence-electron chi connectivity index (χ3n) is 4.55. The molecule has 3 rings (SSSR count). The first-order valence-electron chi connectivity index (χ1n) is 9.96. The van der Waals surface area contributed by atoms with Gasteiger partial charge in [-0.3, -0.25) is 4.90 Å². The van der Waals surface area contributed by atoms with E-state index in [-0.39, 0.29) is 6.61 Å². The van der Waals surface area contributed by atoms with Crippen LogP contribution >= 0.6 is 0 Å². The minimum Gasteiger partial charge on any atom is -0.459 e. The summed E-state index contributed by atoms with van der Waals surface area (Å²) in [6.45, 7) is 7.17. The minimum atomic E-state index is -0.857. The first kappa shape index (κ1) is 21.4. The van der Waals surface area contributed by atoms with E-state index in [4.69, 9.17) is 9.47 Å². The third kappa shape index (κ3) is 5.38. The van der Waals surface area contributed by atoms with Gasteiger partial charge in [0, 0.05) is 5.69 Å². The molecular formula is C25H27NO4. The monoisotopic (exact) mass is 405 g/mol. The van der Waals surface area contributed by atoms with E-state index in [1.807, 2.05) is 72.8 Å². The van der Waals surface area contributed by atoms with Crippen molar-refractivity contribution in [1.29, 1.82) is 0 Å². The summed E-state index contributed by atoms with van der Waals surface area (Å²) < 4.78 is 11.1. The Labute approximate surface area is 177 Å². The van der Waals surface area contributed by atoms with E-state index in [2.05, 4.69) is 0 Å². The first-order chi connectivity index (χ1) is 14.2. The predicted octanol–water partition coefficient (Wildman–Crippen LogP) is 5.71. The second-order valence-corrected chi connectivity index (χ2v) is 8.15. The fourth-order valence-electron chi connectivity index (χ4n) is 3.08. The average molecular weight is 405 g/mol. The molecule has 0 N–H and O–H groups in total. The number of esters is 1. The Morgan fingerprint density at radius 2 is 1.53 bits per heavy atom. The van der Waals surface area contributed by atoms with E-state index in [9.17, 15) is 9.59 Å². The molecule has 0 aliphatic heterocycles. The van der Waals surface area contributed by atoms with Gasteiger partial charge in [-0.15, -0.1) is 0 Å². The number of carbonyl (C=O) groups excluding carboxylic acids is 2. The number of benzene rings is 3. The maximum absolute atomic E-state index is 13.0. The number of hydrogen-bond acceptors (Lipinski definition) is 4. The van der Waals surface area contributed by atoms with Crippen molar-refractivity contribution in [3.8, 4) is 0 Å². The normalized spacial score (nSPS) is 12.3. The summed E-state index contributed by atoms with van der Waals surface area (Å²) in [7, 11) is 0. The summed E-state index contributed by atoms with van der Waals surface area (Å²) >= 11 is 0. The van der Waals surface area contributed by atoms with Gasteiger partial charge in [-0.1, -0.05) is 60.7 Å². The van der Waals surface area contributed by atoms with Crippen molar-refractivity contribution in [2.45, 2.75) is 45.9 Å². The molecule has 3 aromatic rings. The summed E-state index contributed by atoms with van der Waals surface area (Å²) in [6.07, 6.45) is -0.595. The quantitative estimate of drug-likeness (QED) is 0.510. The van der Waals surface area contributed by atoms with Crippen LogP contribution in [-0.2, 0) is 20.9 Å². The predicted molar refractivity (Wildman–Crippen MR) is 118 cm³/mol. The number of anilines is 1. The zero-order chi connectivity index (χ0) is 21.7. The number of carbonyl (C=O) groups is 2. The maximum atomic E-state index is 13.0. The van der Waals surface area contributed by atoms with Gasteiger partial charge in [0.25, 0.3) is 0 Å². The van der Waals surface area contributed by atoms with Crippen LogP contribution in [0, 0.1) is 0 Å². The molecule has 0 aliphatic rings. The second-order valence-electron chi connectivity index (χ2n) is 8.15. The highest BCUT2D eigenvalue weighted by atomic mass is 16.6. The average Bonchev–Trinajstić information content (AvgIpc) is 2.71. The molecule has 0 fully saturated rings. The van der Waals surface area contributed by atoms with Gasteiger partial charge in [0.2, 0.25) is 0 Å². The Hall–Kier alpha value is -3.34. The summed E-state index contributed by atoms with van der Waals surface area (Å²) in [6, 6.07) is 22.0. The van der Waals surface area contributed by atoms with E-state index in [1.165, 1.54) is 4.90 Å². The molecule has 0 radical (unpaired) electrons. The molecule has 0 aliphatic carbocycles. The second kappa shape index (κ2) is 8.99. The Bertz CT molecular complexity index is 1020. The lowest BCUT2D eigenvalue weighted by Gasteiger charge is -2.31. The van der Waals surface area contributed by atoms with Crippen LogP contribution in [0.4, 0.5) is 10.5 Å². The molecule has 156 valence electrons. The van der Waals surface area contributed by atoms with Crippen LogP contribution in [0.5, 0.6) is 0 Å². The van der Waals surface area contributed by atoms with Crippen LogP contribution in [0.1, 0.15) is 33.3 Å². The van der Waals surface area contributed by atoms with Crippen molar-refractivity contribution >= 4 is 28.5 Å². The number of hydrogen-bond donors (Lipinski definition) is 0. The van der Waals surface area contributed by atoms with Gasteiger partial charge in [-0.05, 0) is 56.2 Å². The molecule has 0 unspecified atom stereocenters. The van der Waals surface area contributed by atoms with Crippen molar-refractivity contribution in [2.75, 3.05) is 4.90 Å². The molecule has 5 heteroatoms. The summed E-state index contributed by atoms with van der Waals surface area (Å²) in [5.41, 5.74) is 0.763. The molecule has 0 saturated heterocycles. The van der Waals surface area contributed by atoms with Crippen molar-refractivity contribution in [3.05, 3.63) is 78.4 Å². The SMILES string of the molecule is C[C@@H](C(=O)OCc1ccccc1)N(C(=O)OC(C)(C)C)c1ccc2ccccc2c1. The highest BCUT2D eigenvalue weighted by Crippen LogP contribution is 2.26. The van der Waals surface area contributed by atoms with Gasteiger partial charge in [0.1, 0.15) is 18.2 Å². The molecular weight excluding hydrogens is 378 g/mol. The van der Waals surface area contributed by atoms with Gasteiger partial charge in [0.15, 0.2) is 0 Å². The Morgan fingerprint density at radius 3 is 2.20 bits per heavy atom. The largest absolute Gasteiger partial charge is 0.459 e. The van der Waals surface area contributed by atoms with Crippen molar-refractivity contribution in [1.82, 2.24) is 0 Å². The van der Waals surface area contributed by atoms with E-state index in [1.54, 1.807) is 27.7 Å². The van der Waals surface area contributed by atoms with Crippen LogP contribution in [-0.4, -0.2) is 23.7 Å². The molecule has 0 spiro atoms. The molecule has 1 amide bonds. The van der Waals surface area contributed by atoms with E-state index in [0.29, 0.717) is 5.69 Å². The highest BCUT2D eigenvalue weighted by molar-refractivity contribution is 5.98. The van der Waals surface area contributed by atoms with Gasteiger partial charge in [0.05, 0.1) is 0 Å². The molecule has 1 atom stereocenters. The number of ether oxygens (including phenoxy) is 2. The van der Waals surface area contributed by atoms with Crippen LogP contribution in [0.25, 0.3) is 10.8 Å². The van der Waals surface area contributed by atoms with Crippen LogP contribution in [0.3, 0.4) is 0 Å². The molecule has 0 saturated carbocycles. The lowest BCUT2D eigenvalue weighted by molar-refractivity contribution is -0.146. The molecule has 30 heavy (non-hydrogen) atoms.